The monoisotopic (exact) mass is 234 g/mol. The largest absolute Gasteiger partial charge is 0.369 e. The smallest absolute Gasteiger partial charge is 0.149 e. The zero-order valence-corrected chi connectivity index (χ0v) is 10.8. The van der Waals surface area contributed by atoms with Crippen molar-refractivity contribution in [3.63, 3.8) is 0 Å². The van der Waals surface area contributed by atoms with E-state index in [-0.39, 0.29) is 0 Å². The lowest BCUT2D eigenvalue weighted by molar-refractivity contribution is 0.403. The molecule has 94 valence electrons. The Kier molecular flexibility index (Phi) is 4.18. The molecule has 1 aromatic heterocycles. The lowest BCUT2D eigenvalue weighted by Crippen LogP contribution is -2.35. The Labute approximate surface area is 103 Å². The van der Waals surface area contributed by atoms with Crippen molar-refractivity contribution in [3.05, 3.63) is 12.4 Å². The quantitative estimate of drug-likeness (QED) is 0.869. The van der Waals surface area contributed by atoms with E-state index in [1.807, 2.05) is 6.20 Å². The summed E-state index contributed by atoms with van der Waals surface area (Å²) in [4.78, 5) is 11.2. The Balaban J connectivity index is 2.07. The summed E-state index contributed by atoms with van der Waals surface area (Å²) < 4.78 is 0. The highest BCUT2D eigenvalue weighted by Crippen LogP contribution is 2.23. The number of rotatable bonds is 4. The molecule has 1 atom stereocenters. The predicted octanol–water partition coefficient (Wildman–Crippen LogP) is 2.53. The molecule has 0 radical (unpaired) electrons. The molecule has 1 aromatic rings. The van der Waals surface area contributed by atoms with Crippen LogP contribution in [0.5, 0.6) is 0 Å². The molecule has 0 spiro atoms. The Morgan fingerprint density at radius 3 is 3.06 bits per heavy atom. The molecule has 1 aliphatic heterocycles. The SMILES string of the molecule is CCNc1cncc(N2CCCC(CC)C2)n1. The molecule has 1 N–H and O–H groups in total. The van der Waals surface area contributed by atoms with E-state index in [9.17, 15) is 0 Å². The van der Waals surface area contributed by atoms with E-state index in [1.54, 1.807) is 6.20 Å². The van der Waals surface area contributed by atoms with Crippen molar-refractivity contribution in [1.82, 2.24) is 9.97 Å². The van der Waals surface area contributed by atoms with Gasteiger partial charge in [-0.15, -0.1) is 0 Å². The Bertz CT molecular complexity index is 353. The molecule has 2 heterocycles. The average molecular weight is 234 g/mol. The fraction of sp³-hybridized carbons (Fsp3) is 0.692. The zero-order valence-electron chi connectivity index (χ0n) is 10.8. The van der Waals surface area contributed by atoms with Crippen molar-refractivity contribution in [2.24, 2.45) is 5.92 Å². The van der Waals surface area contributed by atoms with Crippen LogP contribution in [0.2, 0.25) is 0 Å². The van der Waals surface area contributed by atoms with Crippen molar-refractivity contribution in [1.29, 1.82) is 0 Å². The Morgan fingerprint density at radius 2 is 2.29 bits per heavy atom. The van der Waals surface area contributed by atoms with Crippen LogP contribution >= 0.6 is 0 Å². The molecule has 0 aromatic carbocycles. The van der Waals surface area contributed by atoms with Crippen LogP contribution in [0, 0.1) is 5.92 Å². The van der Waals surface area contributed by atoms with Gasteiger partial charge in [0.1, 0.15) is 11.6 Å². The molecule has 1 saturated heterocycles. The number of hydrogen-bond acceptors (Lipinski definition) is 4. The summed E-state index contributed by atoms with van der Waals surface area (Å²) in [6.45, 7) is 7.47. The third-order valence-electron chi connectivity index (χ3n) is 3.40. The van der Waals surface area contributed by atoms with Crippen LogP contribution in [-0.4, -0.2) is 29.6 Å². The van der Waals surface area contributed by atoms with E-state index in [0.29, 0.717) is 0 Å². The van der Waals surface area contributed by atoms with Gasteiger partial charge in [-0.3, -0.25) is 4.98 Å². The van der Waals surface area contributed by atoms with Crippen molar-refractivity contribution in [3.8, 4) is 0 Å². The number of hydrogen-bond donors (Lipinski definition) is 1. The molecular formula is C13H22N4. The van der Waals surface area contributed by atoms with Crippen LogP contribution in [0.25, 0.3) is 0 Å². The normalized spacial score (nSPS) is 20.4. The second kappa shape index (κ2) is 5.84. The first kappa shape index (κ1) is 12.1. The van der Waals surface area contributed by atoms with Gasteiger partial charge in [-0.25, -0.2) is 4.98 Å². The van der Waals surface area contributed by atoms with Gasteiger partial charge < -0.3 is 10.2 Å². The molecule has 0 saturated carbocycles. The number of piperidine rings is 1. The van der Waals surface area contributed by atoms with Crippen LogP contribution in [0.3, 0.4) is 0 Å². The fourth-order valence-corrected chi connectivity index (χ4v) is 2.38. The van der Waals surface area contributed by atoms with E-state index >= 15 is 0 Å². The minimum Gasteiger partial charge on any atom is -0.369 e. The first-order chi connectivity index (χ1) is 8.33. The highest BCUT2D eigenvalue weighted by atomic mass is 15.2. The second-order valence-electron chi connectivity index (χ2n) is 4.66. The lowest BCUT2D eigenvalue weighted by atomic mass is 9.96. The van der Waals surface area contributed by atoms with Crippen molar-refractivity contribution < 1.29 is 0 Å². The van der Waals surface area contributed by atoms with E-state index in [0.717, 1.165) is 37.2 Å². The van der Waals surface area contributed by atoms with Gasteiger partial charge in [0, 0.05) is 19.6 Å². The first-order valence-electron chi connectivity index (χ1n) is 6.64. The highest BCUT2D eigenvalue weighted by Gasteiger charge is 2.19. The van der Waals surface area contributed by atoms with E-state index in [4.69, 9.17) is 0 Å². The van der Waals surface area contributed by atoms with E-state index in [2.05, 4.69) is 34.0 Å². The maximum absolute atomic E-state index is 4.61. The summed E-state index contributed by atoms with van der Waals surface area (Å²) in [5.41, 5.74) is 0. The maximum atomic E-state index is 4.61. The van der Waals surface area contributed by atoms with Gasteiger partial charge in [-0.05, 0) is 25.7 Å². The van der Waals surface area contributed by atoms with Gasteiger partial charge in [-0.1, -0.05) is 13.3 Å². The van der Waals surface area contributed by atoms with Gasteiger partial charge >= 0.3 is 0 Å². The Morgan fingerprint density at radius 1 is 1.41 bits per heavy atom. The summed E-state index contributed by atoms with van der Waals surface area (Å²) >= 11 is 0. The van der Waals surface area contributed by atoms with Gasteiger partial charge in [0.15, 0.2) is 0 Å². The standard InChI is InChI=1S/C13H22N4/c1-3-11-6-5-7-17(10-11)13-9-14-8-12(16-13)15-4-2/h8-9,11H,3-7,10H2,1-2H3,(H,15,16). The highest BCUT2D eigenvalue weighted by molar-refractivity contribution is 5.44. The fourth-order valence-electron chi connectivity index (χ4n) is 2.38. The first-order valence-corrected chi connectivity index (χ1v) is 6.64. The third-order valence-corrected chi connectivity index (χ3v) is 3.40. The minimum atomic E-state index is 0.813. The summed E-state index contributed by atoms with van der Waals surface area (Å²) in [6, 6.07) is 0. The summed E-state index contributed by atoms with van der Waals surface area (Å²) in [5.74, 6) is 2.71. The van der Waals surface area contributed by atoms with Crippen molar-refractivity contribution in [2.75, 3.05) is 29.9 Å². The van der Waals surface area contributed by atoms with E-state index in [1.165, 1.54) is 19.3 Å². The number of nitrogens with zero attached hydrogens (tertiary/aromatic N) is 3. The van der Waals surface area contributed by atoms with Crippen LogP contribution in [0.15, 0.2) is 12.4 Å². The van der Waals surface area contributed by atoms with Gasteiger partial charge in [0.25, 0.3) is 0 Å². The van der Waals surface area contributed by atoms with Crippen LogP contribution in [0.4, 0.5) is 11.6 Å². The summed E-state index contributed by atoms with van der Waals surface area (Å²) in [6.07, 6.45) is 7.54. The summed E-state index contributed by atoms with van der Waals surface area (Å²) in [7, 11) is 0. The molecule has 0 bridgehead atoms. The molecule has 0 amide bonds. The molecular weight excluding hydrogens is 212 g/mol. The van der Waals surface area contributed by atoms with Crippen LogP contribution < -0.4 is 10.2 Å². The number of anilines is 2. The molecule has 2 rings (SSSR count). The zero-order chi connectivity index (χ0) is 12.1. The molecule has 1 unspecified atom stereocenters. The lowest BCUT2D eigenvalue weighted by Gasteiger charge is -2.33. The van der Waals surface area contributed by atoms with Crippen molar-refractivity contribution >= 4 is 11.6 Å². The minimum absolute atomic E-state index is 0.813. The molecule has 0 aliphatic carbocycles. The van der Waals surface area contributed by atoms with Gasteiger partial charge in [0.05, 0.1) is 12.4 Å². The summed E-state index contributed by atoms with van der Waals surface area (Å²) in [5, 5.41) is 3.21. The predicted molar refractivity (Wildman–Crippen MR) is 71.4 cm³/mol. The molecule has 17 heavy (non-hydrogen) atoms. The Hall–Kier alpha value is -1.32. The molecule has 1 fully saturated rings. The van der Waals surface area contributed by atoms with Gasteiger partial charge in [-0.2, -0.15) is 0 Å². The van der Waals surface area contributed by atoms with Crippen molar-refractivity contribution in [2.45, 2.75) is 33.1 Å². The number of nitrogens with one attached hydrogen (secondary N) is 1. The molecule has 4 nitrogen and oxygen atoms in total. The topological polar surface area (TPSA) is 41.1 Å². The average Bonchev–Trinajstić information content (AvgIpc) is 2.40. The third kappa shape index (κ3) is 3.08. The van der Waals surface area contributed by atoms with Gasteiger partial charge in [0.2, 0.25) is 0 Å². The van der Waals surface area contributed by atoms with Crippen LogP contribution in [-0.2, 0) is 0 Å². The molecule has 1 aliphatic rings. The van der Waals surface area contributed by atoms with E-state index < -0.39 is 0 Å². The molecule has 4 heteroatoms. The maximum Gasteiger partial charge on any atom is 0.149 e. The second-order valence-corrected chi connectivity index (χ2v) is 4.66. The number of aromatic nitrogens is 2. The van der Waals surface area contributed by atoms with Crippen LogP contribution in [0.1, 0.15) is 33.1 Å².